The van der Waals surface area contributed by atoms with Crippen molar-refractivity contribution < 1.29 is 9.47 Å². The zero-order valence-corrected chi connectivity index (χ0v) is 12.7. The Labute approximate surface area is 122 Å². The Balaban J connectivity index is 1.70. The molecule has 0 spiro atoms. The topological polar surface area (TPSA) is 30.5 Å². The van der Waals surface area contributed by atoms with Gasteiger partial charge in [0.25, 0.3) is 0 Å². The fraction of sp³-hybridized carbons (Fsp3) is 0.647. The summed E-state index contributed by atoms with van der Waals surface area (Å²) in [5, 5.41) is 3.44. The molecular formula is C17H27NO2. The molecule has 1 aliphatic heterocycles. The summed E-state index contributed by atoms with van der Waals surface area (Å²) in [6.07, 6.45) is 3.84. The Morgan fingerprint density at radius 1 is 1.25 bits per heavy atom. The predicted octanol–water partition coefficient (Wildman–Crippen LogP) is 3.38. The molecule has 1 N–H and O–H groups in total. The van der Waals surface area contributed by atoms with Crippen LogP contribution in [0.1, 0.15) is 38.7 Å². The highest BCUT2D eigenvalue weighted by Crippen LogP contribution is 2.16. The van der Waals surface area contributed by atoms with Gasteiger partial charge in [0.15, 0.2) is 0 Å². The van der Waals surface area contributed by atoms with Crippen LogP contribution in [0.3, 0.4) is 0 Å². The van der Waals surface area contributed by atoms with Gasteiger partial charge in [0.2, 0.25) is 0 Å². The maximum absolute atomic E-state index is 5.80. The van der Waals surface area contributed by atoms with Crippen LogP contribution in [0.25, 0.3) is 0 Å². The minimum Gasteiger partial charge on any atom is -0.491 e. The summed E-state index contributed by atoms with van der Waals surface area (Å²) in [5.41, 5.74) is 1.30. The van der Waals surface area contributed by atoms with Crippen molar-refractivity contribution in [1.29, 1.82) is 0 Å². The van der Waals surface area contributed by atoms with Crippen molar-refractivity contribution in [2.45, 2.75) is 45.8 Å². The van der Waals surface area contributed by atoms with E-state index in [0.717, 1.165) is 31.9 Å². The lowest BCUT2D eigenvalue weighted by Gasteiger charge is -2.22. The van der Waals surface area contributed by atoms with Crippen LogP contribution in [0.4, 0.5) is 0 Å². The summed E-state index contributed by atoms with van der Waals surface area (Å²) in [4.78, 5) is 0. The lowest BCUT2D eigenvalue weighted by Crippen LogP contribution is -2.25. The van der Waals surface area contributed by atoms with Crippen molar-refractivity contribution in [3.8, 4) is 5.75 Å². The monoisotopic (exact) mass is 277 g/mol. The van der Waals surface area contributed by atoms with E-state index < -0.39 is 0 Å². The van der Waals surface area contributed by atoms with E-state index in [1.165, 1.54) is 18.4 Å². The Kier molecular flexibility index (Phi) is 6.34. The van der Waals surface area contributed by atoms with Crippen LogP contribution in [-0.4, -0.2) is 25.9 Å². The van der Waals surface area contributed by atoms with Crippen molar-refractivity contribution in [3.05, 3.63) is 29.8 Å². The third kappa shape index (κ3) is 5.51. The molecule has 1 aromatic carbocycles. The molecule has 20 heavy (non-hydrogen) atoms. The van der Waals surface area contributed by atoms with Gasteiger partial charge in [-0.1, -0.05) is 26.0 Å². The summed E-state index contributed by atoms with van der Waals surface area (Å²) < 4.78 is 11.5. The molecule has 2 rings (SSSR count). The molecule has 1 fully saturated rings. The van der Waals surface area contributed by atoms with E-state index in [2.05, 4.69) is 43.4 Å². The van der Waals surface area contributed by atoms with Crippen molar-refractivity contribution >= 4 is 0 Å². The number of nitrogens with one attached hydrogen (secondary N) is 1. The molecule has 1 aliphatic rings. The van der Waals surface area contributed by atoms with Crippen LogP contribution in [0.2, 0.25) is 0 Å². The van der Waals surface area contributed by atoms with Crippen molar-refractivity contribution in [2.75, 3.05) is 19.8 Å². The van der Waals surface area contributed by atoms with Crippen molar-refractivity contribution in [1.82, 2.24) is 5.32 Å². The molecule has 1 atom stereocenters. The lowest BCUT2D eigenvalue weighted by atomic mass is 10.1. The third-order valence-electron chi connectivity index (χ3n) is 3.51. The number of rotatable bonds is 7. The Bertz CT molecular complexity index is 369. The second-order valence-electron chi connectivity index (χ2n) is 5.97. The lowest BCUT2D eigenvalue weighted by molar-refractivity contribution is -0.0110. The highest BCUT2D eigenvalue weighted by Gasteiger charge is 2.14. The Morgan fingerprint density at radius 2 is 2.05 bits per heavy atom. The Morgan fingerprint density at radius 3 is 2.70 bits per heavy atom. The molecule has 0 amide bonds. The summed E-state index contributed by atoms with van der Waals surface area (Å²) in [6.45, 7) is 7.97. The summed E-state index contributed by atoms with van der Waals surface area (Å²) in [6, 6.07) is 8.36. The van der Waals surface area contributed by atoms with Gasteiger partial charge in [0.1, 0.15) is 12.4 Å². The molecule has 0 aliphatic carbocycles. The SMILES string of the molecule is CC(C)CNCc1ccc(OCC2CCCCO2)cc1. The smallest absolute Gasteiger partial charge is 0.119 e. The Hall–Kier alpha value is -1.06. The van der Waals surface area contributed by atoms with Gasteiger partial charge < -0.3 is 14.8 Å². The van der Waals surface area contributed by atoms with E-state index in [9.17, 15) is 0 Å². The van der Waals surface area contributed by atoms with E-state index in [-0.39, 0.29) is 6.10 Å². The molecule has 1 saturated heterocycles. The van der Waals surface area contributed by atoms with Gasteiger partial charge in [-0.25, -0.2) is 0 Å². The predicted molar refractivity (Wildman–Crippen MR) is 82.1 cm³/mol. The first kappa shape index (κ1) is 15.3. The molecule has 0 radical (unpaired) electrons. The molecule has 1 heterocycles. The average molecular weight is 277 g/mol. The van der Waals surface area contributed by atoms with Crippen LogP contribution >= 0.6 is 0 Å². The van der Waals surface area contributed by atoms with Gasteiger partial charge in [0.05, 0.1) is 6.10 Å². The molecule has 3 nitrogen and oxygen atoms in total. The standard InChI is InChI=1S/C17H27NO2/c1-14(2)11-18-12-15-6-8-16(9-7-15)20-13-17-5-3-4-10-19-17/h6-9,14,17-18H,3-5,10-13H2,1-2H3. The van der Waals surface area contributed by atoms with E-state index in [1.54, 1.807) is 0 Å². The maximum Gasteiger partial charge on any atom is 0.119 e. The van der Waals surface area contributed by atoms with E-state index in [4.69, 9.17) is 9.47 Å². The van der Waals surface area contributed by atoms with Gasteiger partial charge in [-0.3, -0.25) is 0 Å². The minimum absolute atomic E-state index is 0.274. The summed E-state index contributed by atoms with van der Waals surface area (Å²) >= 11 is 0. The van der Waals surface area contributed by atoms with Gasteiger partial charge >= 0.3 is 0 Å². The zero-order valence-electron chi connectivity index (χ0n) is 12.7. The molecule has 0 saturated carbocycles. The minimum atomic E-state index is 0.274. The van der Waals surface area contributed by atoms with Crippen LogP contribution in [0.15, 0.2) is 24.3 Å². The summed E-state index contributed by atoms with van der Waals surface area (Å²) in [5.74, 6) is 1.62. The number of ether oxygens (including phenoxy) is 2. The van der Waals surface area contributed by atoms with Crippen LogP contribution in [0.5, 0.6) is 5.75 Å². The van der Waals surface area contributed by atoms with Crippen molar-refractivity contribution in [3.63, 3.8) is 0 Å². The molecule has 0 bridgehead atoms. The van der Waals surface area contributed by atoms with Crippen molar-refractivity contribution in [2.24, 2.45) is 5.92 Å². The first-order chi connectivity index (χ1) is 9.74. The molecule has 1 aromatic rings. The van der Waals surface area contributed by atoms with Gasteiger partial charge in [-0.15, -0.1) is 0 Å². The first-order valence-corrected chi connectivity index (χ1v) is 7.78. The molecule has 0 aromatic heterocycles. The second kappa shape index (κ2) is 8.28. The quantitative estimate of drug-likeness (QED) is 0.829. The van der Waals surface area contributed by atoms with Crippen LogP contribution < -0.4 is 10.1 Å². The zero-order chi connectivity index (χ0) is 14.2. The van der Waals surface area contributed by atoms with E-state index in [1.807, 2.05) is 0 Å². The van der Waals surface area contributed by atoms with Gasteiger partial charge in [-0.05, 0) is 49.4 Å². The fourth-order valence-corrected chi connectivity index (χ4v) is 2.34. The van der Waals surface area contributed by atoms with Gasteiger partial charge in [0, 0.05) is 13.2 Å². The highest BCUT2D eigenvalue weighted by molar-refractivity contribution is 5.27. The second-order valence-corrected chi connectivity index (χ2v) is 5.97. The molecule has 1 unspecified atom stereocenters. The molecule has 3 heteroatoms. The first-order valence-electron chi connectivity index (χ1n) is 7.78. The van der Waals surface area contributed by atoms with E-state index >= 15 is 0 Å². The largest absolute Gasteiger partial charge is 0.491 e. The van der Waals surface area contributed by atoms with Gasteiger partial charge in [-0.2, -0.15) is 0 Å². The fourth-order valence-electron chi connectivity index (χ4n) is 2.34. The number of hydrogen-bond acceptors (Lipinski definition) is 3. The third-order valence-corrected chi connectivity index (χ3v) is 3.51. The van der Waals surface area contributed by atoms with Crippen LogP contribution in [-0.2, 0) is 11.3 Å². The van der Waals surface area contributed by atoms with E-state index in [0.29, 0.717) is 12.5 Å². The number of benzene rings is 1. The molecular weight excluding hydrogens is 250 g/mol. The maximum atomic E-state index is 5.80. The number of hydrogen-bond donors (Lipinski definition) is 1. The normalized spacial score (nSPS) is 19.2. The highest BCUT2D eigenvalue weighted by atomic mass is 16.5. The summed E-state index contributed by atoms with van der Waals surface area (Å²) in [7, 11) is 0. The average Bonchev–Trinajstić information content (AvgIpc) is 2.47. The van der Waals surface area contributed by atoms with Crippen LogP contribution in [0, 0.1) is 5.92 Å². The molecule has 112 valence electrons.